The van der Waals surface area contributed by atoms with Crippen molar-refractivity contribution < 1.29 is 23.5 Å². The van der Waals surface area contributed by atoms with Gasteiger partial charge in [0.05, 0.1) is 12.2 Å². The zero-order chi connectivity index (χ0) is 19.4. The molecule has 1 fully saturated rings. The van der Waals surface area contributed by atoms with E-state index in [0.717, 1.165) is 6.42 Å². The second-order valence-electron chi connectivity index (χ2n) is 6.01. The highest BCUT2D eigenvalue weighted by molar-refractivity contribution is 9.10. The number of carbonyl (C=O) groups is 3. The van der Waals surface area contributed by atoms with Crippen molar-refractivity contribution in [1.82, 2.24) is 4.90 Å². The fourth-order valence-electron chi connectivity index (χ4n) is 2.84. The van der Waals surface area contributed by atoms with Crippen LogP contribution in [0.1, 0.15) is 40.7 Å². The maximum absolute atomic E-state index is 13.0. The molecule has 0 bridgehead atoms. The summed E-state index contributed by atoms with van der Waals surface area (Å²) in [5, 5.41) is 0. The van der Waals surface area contributed by atoms with Crippen LogP contribution in [0.2, 0.25) is 0 Å². The molecule has 3 rings (SSSR count). The van der Waals surface area contributed by atoms with Crippen molar-refractivity contribution in [1.29, 1.82) is 0 Å². The monoisotopic (exact) mass is 434 g/mol. The van der Waals surface area contributed by atoms with Crippen LogP contribution >= 0.6 is 15.9 Å². The molecule has 0 spiro atoms. The molecule has 1 aliphatic heterocycles. The van der Waals surface area contributed by atoms with Gasteiger partial charge in [0.1, 0.15) is 6.67 Å². The number of carbonyl (C=O) groups excluding carboxylic acids is 3. The lowest BCUT2D eigenvalue weighted by molar-refractivity contribution is -0.127. The second kappa shape index (κ2) is 8.39. The summed E-state index contributed by atoms with van der Waals surface area (Å²) >= 11 is 3.19. The molecular formula is C19H19BrN2O5. The van der Waals surface area contributed by atoms with Crippen LogP contribution in [-0.4, -0.2) is 42.5 Å². The summed E-state index contributed by atoms with van der Waals surface area (Å²) < 4.78 is 10.8. The van der Waals surface area contributed by atoms with Crippen LogP contribution in [0.25, 0.3) is 0 Å². The predicted octanol–water partition coefficient (Wildman–Crippen LogP) is 3.45. The molecule has 1 aliphatic rings. The zero-order valence-electron chi connectivity index (χ0n) is 14.8. The molecule has 1 aromatic heterocycles. The molecule has 0 unspecified atom stereocenters. The summed E-state index contributed by atoms with van der Waals surface area (Å²) in [6.07, 6.45) is 1.26. The molecule has 142 valence electrons. The van der Waals surface area contributed by atoms with Crippen molar-refractivity contribution >= 4 is 39.4 Å². The van der Waals surface area contributed by atoms with Crippen molar-refractivity contribution in [3.63, 3.8) is 0 Å². The number of anilines is 1. The van der Waals surface area contributed by atoms with Gasteiger partial charge in [-0.25, -0.2) is 4.79 Å². The number of nitrogens with zero attached hydrogens (tertiary/aromatic N) is 2. The first-order valence-electron chi connectivity index (χ1n) is 8.61. The molecular weight excluding hydrogens is 416 g/mol. The largest absolute Gasteiger partial charge is 0.462 e. The third-order valence-corrected chi connectivity index (χ3v) is 4.63. The van der Waals surface area contributed by atoms with Gasteiger partial charge >= 0.3 is 5.97 Å². The summed E-state index contributed by atoms with van der Waals surface area (Å²) in [7, 11) is 0. The van der Waals surface area contributed by atoms with Gasteiger partial charge in [-0.1, -0.05) is 0 Å². The maximum atomic E-state index is 13.0. The number of halogens is 1. The van der Waals surface area contributed by atoms with Crippen LogP contribution in [0.5, 0.6) is 0 Å². The predicted molar refractivity (Wildman–Crippen MR) is 101 cm³/mol. The molecule has 2 heterocycles. The zero-order valence-corrected chi connectivity index (χ0v) is 16.4. The number of esters is 1. The minimum Gasteiger partial charge on any atom is -0.462 e. The summed E-state index contributed by atoms with van der Waals surface area (Å²) in [5.74, 6) is -0.629. The fraction of sp³-hybridized carbons (Fsp3) is 0.316. The molecule has 0 aliphatic carbocycles. The van der Waals surface area contributed by atoms with Gasteiger partial charge in [0.2, 0.25) is 5.91 Å². The Morgan fingerprint density at radius 3 is 2.52 bits per heavy atom. The lowest BCUT2D eigenvalue weighted by Gasteiger charge is -2.27. The van der Waals surface area contributed by atoms with Crippen molar-refractivity contribution in [2.24, 2.45) is 0 Å². The van der Waals surface area contributed by atoms with Gasteiger partial charge in [-0.2, -0.15) is 0 Å². The third-order valence-electron chi connectivity index (χ3n) is 4.20. The van der Waals surface area contributed by atoms with E-state index in [9.17, 15) is 14.4 Å². The van der Waals surface area contributed by atoms with Gasteiger partial charge in [-0.15, -0.1) is 0 Å². The Labute approximate surface area is 165 Å². The molecule has 0 radical (unpaired) electrons. The summed E-state index contributed by atoms with van der Waals surface area (Å²) in [4.78, 5) is 39.9. The first kappa shape index (κ1) is 19.2. The molecule has 1 saturated heterocycles. The second-order valence-corrected chi connectivity index (χ2v) is 6.79. The van der Waals surface area contributed by atoms with Gasteiger partial charge in [0, 0.05) is 18.7 Å². The first-order chi connectivity index (χ1) is 13.0. The van der Waals surface area contributed by atoms with Gasteiger partial charge in [-0.05, 0) is 65.7 Å². The van der Waals surface area contributed by atoms with Crippen molar-refractivity contribution in [2.75, 3.05) is 24.7 Å². The highest BCUT2D eigenvalue weighted by atomic mass is 79.9. The molecule has 8 heteroatoms. The highest BCUT2D eigenvalue weighted by Crippen LogP contribution is 2.23. The topological polar surface area (TPSA) is 80.1 Å². The molecule has 7 nitrogen and oxygen atoms in total. The van der Waals surface area contributed by atoms with Crippen molar-refractivity contribution in [3.05, 3.63) is 52.4 Å². The Balaban J connectivity index is 1.87. The summed E-state index contributed by atoms with van der Waals surface area (Å²) in [6.45, 7) is 2.75. The minimum absolute atomic E-state index is 0.0107. The van der Waals surface area contributed by atoms with E-state index in [4.69, 9.17) is 9.15 Å². The number of benzene rings is 1. The minimum atomic E-state index is -0.424. The van der Waals surface area contributed by atoms with E-state index in [1.54, 1.807) is 48.2 Å². The molecule has 1 aromatic carbocycles. The number of rotatable bonds is 6. The average Bonchev–Trinajstić information content (AvgIpc) is 3.28. The van der Waals surface area contributed by atoms with Gasteiger partial charge < -0.3 is 14.1 Å². The SMILES string of the molecule is CCOC(=O)c1ccc(N(CN2CCCC2=O)C(=O)c2ccc(Br)o2)cc1. The van der Waals surface area contributed by atoms with E-state index < -0.39 is 5.97 Å². The van der Waals surface area contributed by atoms with Crippen LogP contribution in [0.15, 0.2) is 45.5 Å². The Morgan fingerprint density at radius 2 is 1.96 bits per heavy atom. The fourth-order valence-corrected chi connectivity index (χ4v) is 3.15. The van der Waals surface area contributed by atoms with Gasteiger partial charge in [0.15, 0.2) is 10.4 Å². The van der Waals surface area contributed by atoms with Crippen molar-refractivity contribution in [3.8, 4) is 0 Å². The average molecular weight is 435 g/mol. The quantitative estimate of drug-likeness (QED) is 0.650. The van der Waals surface area contributed by atoms with Crippen LogP contribution < -0.4 is 4.90 Å². The number of ether oxygens (including phenoxy) is 1. The number of amides is 2. The number of hydrogen-bond acceptors (Lipinski definition) is 5. The lowest BCUT2D eigenvalue weighted by Crippen LogP contribution is -2.42. The molecule has 27 heavy (non-hydrogen) atoms. The normalized spacial score (nSPS) is 13.7. The van der Waals surface area contributed by atoms with Gasteiger partial charge in [-0.3, -0.25) is 14.5 Å². The Kier molecular flexibility index (Phi) is 5.95. The molecule has 2 amide bonds. The number of hydrogen-bond donors (Lipinski definition) is 0. The molecule has 0 saturated carbocycles. The van der Waals surface area contributed by atoms with E-state index in [1.165, 1.54) is 4.90 Å². The number of furan rings is 1. The highest BCUT2D eigenvalue weighted by Gasteiger charge is 2.28. The van der Waals surface area contributed by atoms with Crippen LogP contribution in [0.4, 0.5) is 5.69 Å². The first-order valence-corrected chi connectivity index (χ1v) is 9.41. The van der Waals surface area contributed by atoms with E-state index in [-0.39, 0.29) is 30.9 Å². The molecule has 0 atom stereocenters. The van der Waals surface area contributed by atoms with Crippen LogP contribution in [0.3, 0.4) is 0 Å². The van der Waals surface area contributed by atoms with Gasteiger partial charge in [0.25, 0.3) is 5.91 Å². The Hall–Kier alpha value is -2.61. The number of likely N-dealkylation sites (tertiary alicyclic amines) is 1. The van der Waals surface area contributed by atoms with Crippen molar-refractivity contribution in [2.45, 2.75) is 19.8 Å². The maximum Gasteiger partial charge on any atom is 0.338 e. The van der Waals surface area contributed by atoms with E-state index in [0.29, 0.717) is 28.9 Å². The standard InChI is InChI=1S/C19H19BrN2O5/c1-2-26-19(25)13-5-7-14(8-6-13)22(12-21-11-3-4-17(21)23)18(24)15-9-10-16(20)27-15/h5-10H,2-4,11-12H2,1H3. The van der Waals surface area contributed by atoms with E-state index >= 15 is 0 Å². The van der Waals surface area contributed by atoms with Crippen LogP contribution in [-0.2, 0) is 9.53 Å². The van der Waals surface area contributed by atoms with E-state index in [2.05, 4.69) is 15.9 Å². The summed E-state index contributed by atoms with van der Waals surface area (Å²) in [5.41, 5.74) is 0.950. The molecule has 2 aromatic rings. The van der Waals surface area contributed by atoms with Crippen LogP contribution in [0, 0.1) is 0 Å². The smallest absolute Gasteiger partial charge is 0.338 e. The van der Waals surface area contributed by atoms with E-state index in [1.807, 2.05) is 0 Å². The lowest BCUT2D eigenvalue weighted by atomic mass is 10.2. The third kappa shape index (κ3) is 4.39. The Bertz CT molecular complexity index is 846. The summed E-state index contributed by atoms with van der Waals surface area (Å²) in [6, 6.07) is 9.70. The molecule has 0 N–H and O–H groups in total. The Morgan fingerprint density at radius 1 is 1.22 bits per heavy atom.